The highest BCUT2D eigenvalue weighted by Crippen LogP contribution is 2.19. The summed E-state index contributed by atoms with van der Waals surface area (Å²) in [6.45, 7) is 2.90. The zero-order valence-corrected chi connectivity index (χ0v) is 12.0. The molecule has 6 heteroatoms. The molecule has 1 fully saturated rings. The van der Waals surface area contributed by atoms with E-state index in [9.17, 15) is 9.59 Å². The molecule has 2 N–H and O–H groups in total. The first-order chi connectivity index (χ1) is 9.56. The number of hydrogen-bond acceptors (Lipinski definition) is 3. The number of carbonyl (C=O) groups is 2. The predicted molar refractivity (Wildman–Crippen MR) is 76.8 cm³/mol. The number of anilines is 1. The van der Waals surface area contributed by atoms with Crippen molar-refractivity contribution in [3.8, 4) is 0 Å². The number of benzene rings is 1. The van der Waals surface area contributed by atoms with Crippen LogP contribution in [0.4, 0.5) is 5.69 Å². The molecule has 1 aliphatic heterocycles. The number of aryl methyl sites for hydroxylation is 1. The Hall–Kier alpha value is -1.59. The zero-order valence-electron chi connectivity index (χ0n) is 11.2. The highest BCUT2D eigenvalue weighted by molar-refractivity contribution is 6.39. The second-order valence-corrected chi connectivity index (χ2v) is 5.19. The standard InChI is InChI=1S/C14H17ClN2O3/c1-9-7-10(15)4-5-12(9)17-14(19)13(18)16-8-11-3-2-6-20-11/h4-5,7,11H,2-3,6,8H2,1H3,(H,16,18)(H,17,19)/t11-/m1/s1. The van der Waals surface area contributed by atoms with Crippen LogP contribution in [0.25, 0.3) is 0 Å². The van der Waals surface area contributed by atoms with Gasteiger partial charge < -0.3 is 15.4 Å². The van der Waals surface area contributed by atoms with Crippen LogP contribution >= 0.6 is 11.6 Å². The average molecular weight is 297 g/mol. The van der Waals surface area contributed by atoms with E-state index >= 15 is 0 Å². The lowest BCUT2D eigenvalue weighted by Gasteiger charge is -2.11. The van der Waals surface area contributed by atoms with E-state index in [0.29, 0.717) is 17.3 Å². The third-order valence-electron chi connectivity index (χ3n) is 3.16. The van der Waals surface area contributed by atoms with Crippen LogP contribution in [0, 0.1) is 6.92 Å². The van der Waals surface area contributed by atoms with Crippen molar-refractivity contribution in [1.82, 2.24) is 5.32 Å². The van der Waals surface area contributed by atoms with Crippen molar-refractivity contribution in [2.24, 2.45) is 0 Å². The minimum atomic E-state index is -0.687. The van der Waals surface area contributed by atoms with Gasteiger partial charge in [-0.3, -0.25) is 9.59 Å². The van der Waals surface area contributed by atoms with E-state index in [1.165, 1.54) is 0 Å². The number of hydrogen-bond donors (Lipinski definition) is 2. The van der Waals surface area contributed by atoms with Gasteiger partial charge >= 0.3 is 11.8 Å². The fourth-order valence-electron chi connectivity index (χ4n) is 2.04. The lowest BCUT2D eigenvalue weighted by atomic mass is 10.2. The monoisotopic (exact) mass is 296 g/mol. The number of nitrogens with one attached hydrogen (secondary N) is 2. The summed E-state index contributed by atoms with van der Waals surface area (Å²) >= 11 is 5.83. The fraction of sp³-hybridized carbons (Fsp3) is 0.429. The van der Waals surface area contributed by atoms with Gasteiger partial charge in [0.2, 0.25) is 0 Å². The third-order valence-corrected chi connectivity index (χ3v) is 3.39. The van der Waals surface area contributed by atoms with Crippen LogP contribution in [0.1, 0.15) is 18.4 Å². The van der Waals surface area contributed by atoms with E-state index in [1.807, 2.05) is 6.92 Å². The molecule has 1 saturated heterocycles. The summed E-state index contributed by atoms with van der Waals surface area (Å²) < 4.78 is 5.37. The second kappa shape index (κ2) is 6.72. The SMILES string of the molecule is Cc1cc(Cl)ccc1NC(=O)C(=O)NC[C@H]1CCCO1. The molecule has 0 bridgehead atoms. The van der Waals surface area contributed by atoms with Crippen LogP contribution < -0.4 is 10.6 Å². The highest BCUT2D eigenvalue weighted by Gasteiger charge is 2.19. The molecular weight excluding hydrogens is 280 g/mol. The number of ether oxygens (including phenoxy) is 1. The third kappa shape index (κ3) is 3.95. The number of halogens is 1. The minimum Gasteiger partial charge on any atom is -0.376 e. The Bertz CT molecular complexity index is 513. The predicted octanol–water partition coefficient (Wildman–Crippen LogP) is 1.88. The number of carbonyl (C=O) groups excluding carboxylic acids is 2. The van der Waals surface area contributed by atoms with Gasteiger partial charge in [0.25, 0.3) is 0 Å². The van der Waals surface area contributed by atoms with Crippen molar-refractivity contribution in [2.75, 3.05) is 18.5 Å². The molecule has 2 rings (SSSR count). The van der Waals surface area contributed by atoms with E-state index < -0.39 is 11.8 Å². The summed E-state index contributed by atoms with van der Waals surface area (Å²) in [5.41, 5.74) is 1.38. The number of amides is 2. The summed E-state index contributed by atoms with van der Waals surface area (Å²) in [7, 11) is 0. The van der Waals surface area contributed by atoms with Crippen molar-refractivity contribution in [1.29, 1.82) is 0 Å². The first-order valence-corrected chi connectivity index (χ1v) is 6.91. The van der Waals surface area contributed by atoms with Gasteiger partial charge in [0.05, 0.1) is 6.10 Å². The van der Waals surface area contributed by atoms with Gasteiger partial charge in [0.15, 0.2) is 0 Å². The largest absolute Gasteiger partial charge is 0.376 e. The van der Waals surface area contributed by atoms with Crippen molar-refractivity contribution < 1.29 is 14.3 Å². The Balaban J connectivity index is 1.85. The van der Waals surface area contributed by atoms with Gasteiger partial charge in [-0.05, 0) is 43.5 Å². The van der Waals surface area contributed by atoms with Crippen molar-refractivity contribution in [3.63, 3.8) is 0 Å². The molecule has 0 radical (unpaired) electrons. The molecule has 0 aromatic heterocycles. The van der Waals surface area contributed by atoms with Gasteiger partial charge in [0.1, 0.15) is 0 Å². The molecule has 1 aromatic rings. The van der Waals surface area contributed by atoms with E-state index in [0.717, 1.165) is 25.0 Å². The quantitative estimate of drug-likeness (QED) is 0.837. The molecule has 1 aromatic carbocycles. The van der Waals surface area contributed by atoms with E-state index in [4.69, 9.17) is 16.3 Å². The van der Waals surface area contributed by atoms with Gasteiger partial charge in [0, 0.05) is 23.9 Å². The van der Waals surface area contributed by atoms with E-state index in [-0.39, 0.29) is 6.10 Å². The molecule has 20 heavy (non-hydrogen) atoms. The summed E-state index contributed by atoms with van der Waals surface area (Å²) in [5, 5.41) is 5.72. The van der Waals surface area contributed by atoms with Crippen LogP contribution in [0.15, 0.2) is 18.2 Å². The van der Waals surface area contributed by atoms with Gasteiger partial charge in [-0.1, -0.05) is 11.6 Å². The van der Waals surface area contributed by atoms with Crippen LogP contribution in [0.5, 0.6) is 0 Å². The van der Waals surface area contributed by atoms with Crippen molar-refractivity contribution >= 4 is 29.1 Å². The normalized spacial score (nSPS) is 17.8. The molecule has 0 aliphatic carbocycles. The number of rotatable bonds is 3. The van der Waals surface area contributed by atoms with Crippen LogP contribution in [-0.4, -0.2) is 31.1 Å². The molecule has 1 aliphatic rings. The van der Waals surface area contributed by atoms with Crippen LogP contribution in [0.2, 0.25) is 5.02 Å². The van der Waals surface area contributed by atoms with E-state index in [2.05, 4.69) is 10.6 Å². The summed E-state index contributed by atoms with van der Waals surface area (Å²) in [6.07, 6.45) is 1.93. The summed E-state index contributed by atoms with van der Waals surface area (Å²) in [4.78, 5) is 23.4. The van der Waals surface area contributed by atoms with E-state index in [1.54, 1.807) is 18.2 Å². The fourth-order valence-corrected chi connectivity index (χ4v) is 2.27. The first-order valence-electron chi connectivity index (χ1n) is 6.53. The molecule has 0 saturated carbocycles. The van der Waals surface area contributed by atoms with Gasteiger partial charge in [-0.15, -0.1) is 0 Å². The molecule has 1 atom stereocenters. The van der Waals surface area contributed by atoms with Crippen LogP contribution in [0.3, 0.4) is 0 Å². The van der Waals surface area contributed by atoms with Gasteiger partial charge in [-0.25, -0.2) is 0 Å². The molecule has 5 nitrogen and oxygen atoms in total. The van der Waals surface area contributed by atoms with Crippen molar-refractivity contribution in [3.05, 3.63) is 28.8 Å². The van der Waals surface area contributed by atoms with Gasteiger partial charge in [-0.2, -0.15) is 0 Å². The molecule has 0 spiro atoms. The Labute approximate surface area is 122 Å². The Kier molecular flexibility index (Phi) is 4.98. The first kappa shape index (κ1) is 14.8. The molecule has 0 unspecified atom stereocenters. The minimum absolute atomic E-state index is 0.0176. The average Bonchev–Trinajstić information content (AvgIpc) is 2.92. The maximum Gasteiger partial charge on any atom is 0.313 e. The van der Waals surface area contributed by atoms with Crippen molar-refractivity contribution in [2.45, 2.75) is 25.9 Å². The molecule has 108 valence electrons. The van der Waals surface area contributed by atoms with Crippen LogP contribution in [-0.2, 0) is 14.3 Å². The topological polar surface area (TPSA) is 67.4 Å². The Morgan fingerprint density at radius 2 is 2.20 bits per heavy atom. The highest BCUT2D eigenvalue weighted by atomic mass is 35.5. The molecule has 2 amide bonds. The Morgan fingerprint density at radius 1 is 1.40 bits per heavy atom. The smallest absolute Gasteiger partial charge is 0.313 e. The molecular formula is C14H17ClN2O3. The lowest BCUT2D eigenvalue weighted by molar-refractivity contribution is -0.136. The Morgan fingerprint density at radius 3 is 2.85 bits per heavy atom. The molecule has 1 heterocycles. The summed E-state index contributed by atoms with van der Waals surface area (Å²) in [5.74, 6) is -1.34. The maximum atomic E-state index is 11.8. The second-order valence-electron chi connectivity index (χ2n) is 4.76. The summed E-state index contributed by atoms with van der Waals surface area (Å²) in [6, 6.07) is 5.05. The zero-order chi connectivity index (χ0) is 14.5. The maximum absolute atomic E-state index is 11.8. The lowest BCUT2D eigenvalue weighted by Crippen LogP contribution is -2.39.